The van der Waals surface area contributed by atoms with E-state index in [1.54, 1.807) is 0 Å². The minimum Gasteiger partial charge on any atom is -0.294 e. The third kappa shape index (κ3) is 3.01. The van der Waals surface area contributed by atoms with Crippen LogP contribution in [-0.4, -0.2) is 10.8 Å². The predicted octanol–water partition coefficient (Wildman–Crippen LogP) is 3.95. The fourth-order valence-electron chi connectivity index (χ4n) is 1.61. The van der Waals surface area contributed by atoms with E-state index in [-0.39, 0.29) is 5.78 Å². The summed E-state index contributed by atoms with van der Waals surface area (Å²) < 4.78 is 0.932. The van der Waals surface area contributed by atoms with Gasteiger partial charge in [-0.1, -0.05) is 22.0 Å². The van der Waals surface area contributed by atoms with Crippen molar-refractivity contribution in [1.82, 2.24) is 4.98 Å². The van der Waals surface area contributed by atoms with Gasteiger partial charge < -0.3 is 0 Å². The zero-order chi connectivity index (χ0) is 12.4. The molecule has 0 spiro atoms. The molecule has 4 heteroatoms. The molecule has 0 amide bonds. The summed E-state index contributed by atoms with van der Waals surface area (Å²) in [6.07, 6.45) is 0.385. The number of hydrogen-bond donors (Lipinski definition) is 0. The maximum atomic E-state index is 12.1. The van der Waals surface area contributed by atoms with Gasteiger partial charge in [-0.05, 0) is 31.5 Å². The van der Waals surface area contributed by atoms with Crippen LogP contribution < -0.4 is 0 Å². The first-order chi connectivity index (χ1) is 8.06. The van der Waals surface area contributed by atoms with Gasteiger partial charge in [0.2, 0.25) is 0 Å². The SMILES string of the molecule is Cc1csc(CC(=O)c2cc(Br)ccc2C)n1. The van der Waals surface area contributed by atoms with Crippen LogP contribution in [0.3, 0.4) is 0 Å². The first-order valence-electron chi connectivity index (χ1n) is 5.26. The lowest BCUT2D eigenvalue weighted by atomic mass is 10.0. The number of Topliss-reactive ketones (excluding diaryl/α,β-unsaturated/α-hetero) is 1. The molecule has 0 unspecified atom stereocenters. The van der Waals surface area contributed by atoms with Crippen molar-refractivity contribution in [3.8, 4) is 0 Å². The number of hydrogen-bond acceptors (Lipinski definition) is 3. The van der Waals surface area contributed by atoms with Gasteiger partial charge in [-0.15, -0.1) is 11.3 Å². The minimum absolute atomic E-state index is 0.123. The topological polar surface area (TPSA) is 30.0 Å². The fourth-order valence-corrected chi connectivity index (χ4v) is 2.74. The molecule has 0 bridgehead atoms. The van der Waals surface area contributed by atoms with Gasteiger partial charge in [0.05, 0.1) is 6.42 Å². The Labute approximate surface area is 113 Å². The number of rotatable bonds is 3. The molecule has 0 saturated carbocycles. The van der Waals surface area contributed by atoms with Crippen molar-refractivity contribution in [2.24, 2.45) is 0 Å². The number of carbonyl (C=O) groups excluding carboxylic acids is 1. The number of aromatic nitrogens is 1. The minimum atomic E-state index is 0.123. The molecule has 0 radical (unpaired) electrons. The standard InChI is InChI=1S/C13H12BrNOS/c1-8-3-4-10(14)5-11(8)12(16)6-13-15-9(2)7-17-13/h3-5,7H,6H2,1-2H3. The quantitative estimate of drug-likeness (QED) is 0.804. The zero-order valence-electron chi connectivity index (χ0n) is 9.66. The number of thiazole rings is 1. The maximum Gasteiger partial charge on any atom is 0.169 e. The van der Waals surface area contributed by atoms with E-state index in [1.165, 1.54) is 11.3 Å². The molecule has 0 aliphatic heterocycles. The van der Waals surface area contributed by atoms with Crippen LogP contribution in [0.5, 0.6) is 0 Å². The molecule has 0 fully saturated rings. The summed E-state index contributed by atoms with van der Waals surface area (Å²) in [6.45, 7) is 3.89. The predicted molar refractivity (Wildman–Crippen MR) is 73.8 cm³/mol. The van der Waals surface area contributed by atoms with Gasteiger partial charge in [0, 0.05) is 21.1 Å². The third-order valence-corrected chi connectivity index (χ3v) is 3.94. The van der Waals surface area contributed by atoms with Crippen LogP contribution in [-0.2, 0) is 6.42 Å². The molecule has 88 valence electrons. The molecule has 1 aromatic carbocycles. The Morgan fingerprint density at radius 1 is 1.41 bits per heavy atom. The van der Waals surface area contributed by atoms with Crippen LogP contribution in [0.1, 0.15) is 26.6 Å². The van der Waals surface area contributed by atoms with Gasteiger partial charge in [0.1, 0.15) is 5.01 Å². The summed E-state index contributed by atoms with van der Waals surface area (Å²) in [4.78, 5) is 16.5. The average Bonchev–Trinajstić information content (AvgIpc) is 2.67. The van der Waals surface area contributed by atoms with Crippen LogP contribution in [0.2, 0.25) is 0 Å². The lowest BCUT2D eigenvalue weighted by Gasteiger charge is -2.04. The van der Waals surface area contributed by atoms with E-state index >= 15 is 0 Å². The van der Waals surface area contributed by atoms with E-state index in [4.69, 9.17) is 0 Å². The highest BCUT2D eigenvalue weighted by molar-refractivity contribution is 9.10. The number of ketones is 1. The summed E-state index contributed by atoms with van der Waals surface area (Å²) in [6, 6.07) is 5.77. The first kappa shape index (κ1) is 12.5. The summed E-state index contributed by atoms with van der Waals surface area (Å²) in [5.74, 6) is 0.123. The molecule has 2 rings (SSSR count). The fraction of sp³-hybridized carbons (Fsp3) is 0.231. The van der Waals surface area contributed by atoms with Crippen LogP contribution in [0.15, 0.2) is 28.1 Å². The second-order valence-electron chi connectivity index (χ2n) is 3.94. The highest BCUT2D eigenvalue weighted by Gasteiger charge is 2.12. The van der Waals surface area contributed by atoms with E-state index in [9.17, 15) is 4.79 Å². The molecule has 2 aromatic rings. The van der Waals surface area contributed by atoms with Crippen LogP contribution in [0.25, 0.3) is 0 Å². The van der Waals surface area contributed by atoms with Gasteiger partial charge in [0.25, 0.3) is 0 Å². The highest BCUT2D eigenvalue weighted by Crippen LogP contribution is 2.19. The van der Waals surface area contributed by atoms with Crippen molar-refractivity contribution in [1.29, 1.82) is 0 Å². The number of nitrogens with zero attached hydrogens (tertiary/aromatic N) is 1. The van der Waals surface area contributed by atoms with E-state index in [1.807, 2.05) is 37.4 Å². The molecule has 1 heterocycles. The summed E-state index contributed by atoms with van der Waals surface area (Å²) in [5.41, 5.74) is 2.75. The summed E-state index contributed by atoms with van der Waals surface area (Å²) in [7, 11) is 0. The Balaban J connectivity index is 2.22. The molecule has 0 atom stereocenters. The van der Waals surface area contributed by atoms with Gasteiger partial charge in [-0.25, -0.2) is 4.98 Å². The van der Waals surface area contributed by atoms with E-state index in [0.29, 0.717) is 6.42 Å². The molecule has 17 heavy (non-hydrogen) atoms. The molecule has 0 aliphatic rings. The van der Waals surface area contributed by atoms with Crippen molar-refractivity contribution in [2.75, 3.05) is 0 Å². The lowest BCUT2D eigenvalue weighted by Crippen LogP contribution is -2.05. The van der Waals surface area contributed by atoms with Gasteiger partial charge >= 0.3 is 0 Å². The molecule has 0 N–H and O–H groups in total. The Morgan fingerprint density at radius 2 is 2.18 bits per heavy atom. The Kier molecular flexibility index (Phi) is 3.74. The first-order valence-corrected chi connectivity index (χ1v) is 6.94. The normalized spacial score (nSPS) is 10.5. The van der Waals surface area contributed by atoms with Crippen LogP contribution in [0, 0.1) is 13.8 Å². The lowest BCUT2D eigenvalue weighted by molar-refractivity contribution is 0.0992. The smallest absolute Gasteiger partial charge is 0.169 e. The Morgan fingerprint density at radius 3 is 2.82 bits per heavy atom. The average molecular weight is 310 g/mol. The van der Waals surface area contributed by atoms with Crippen molar-refractivity contribution in [3.05, 3.63) is 49.9 Å². The number of aryl methyl sites for hydroxylation is 2. The van der Waals surface area contributed by atoms with Crippen molar-refractivity contribution in [3.63, 3.8) is 0 Å². The van der Waals surface area contributed by atoms with Crippen molar-refractivity contribution < 1.29 is 4.79 Å². The Hall–Kier alpha value is -1.00. The second-order valence-corrected chi connectivity index (χ2v) is 5.80. The molecule has 1 aromatic heterocycles. The molecule has 0 aliphatic carbocycles. The van der Waals surface area contributed by atoms with Crippen LogP contribution in [0.4, 0.5) is 0 Å². The monoisotopic (exact) mass is 309 g/mol. The van der Waals surface area contributed by atoms with Crippen LogP contribution >= 0.6 is 27.3 Å². The number of carbonyl (C=O) groups is 1. The Bertz CT molecular complexity index is 562. The molecular formula is C13H12BrNOS. The largest absolute Gasteiger partial charge is 0.294 e. The zero-order valence-corrected chi connectivity index (χ0v) is 12.1. The van der Waals surface area contributed by atoms with Gasteiger partial charge in [-0.3, -0.25) is 4.79 Å². The summed E-state index contributed by atoms with van der Waals surface area (Å²) in [5, 5.41) is 2.85. The molecular weight excluding hydrogens is 298 g/mol. The molecule has 2 nitrogen and oxygen atoms in total. The van der Waals surface area contributed by atoms with E-state index in [2.05, 4.69) is 20.9 Å². The maximum absolute atomic E-state index is 12.1. The second kappa shape index (κ2) is 5.10. The summed E-state index contributed by atoms with van der Waals surface area (Å²) >= 11 is 4.93. The van der Waals surface area contributed by atoms with Gasteiger partial charge in [-0.2, -0.15) is 0 Å². The van der Waals surface area contributed by atoms with Crippen molar-refractivity contribution in [2.45, 2.75) is 20.3 Å². The van der Waals surface area contributed by atoms with Gasteiger partial charge in [0.15, 0.2) is 5.78 Å². The molecule has 0 saturated heterocycles. The van der Waals surface area contributed by atoms with Crippen molar-refractivity contribution >= 4 is 33.0 Å². The van der Waals surface area contributed by atoms with E-state index < -0.39 is 0 Å². The highest BCUT2D eigenvalue weighted by atomic mass is 79.9. The van der Waals surface area contributed by atoms with E-state index in [0.717, 1.165) is 26.3 Å². The third-order valence-electron chi connectivity index (χ3n) is 2.48. The number of benzene rings is 1. The number of halogens is 1.